The molecule has 8 heteroatoms. The third kappa shape index (κ3) is 4.34. The predicted octanol–water partition coefficient (Wildman–Crippen LogP) is 2.41. The zero-order valence-electron chi connectivity index (χ0n) is 11.8. The fourth-order valence-corrected chi connectivity index (χ4v) is 1.75. The third-order valence-electron chi connectivity index (χ3n) is 2.87. The highest BCUT2D eigenvalue weighted by Gasteiger charge is 2.12. The Balaban J connectivity index is 1.99. The summed E-state index contributed by atoms with van der Waals surface area (Å²) in [5.74, 6) is -1.71. The van der Waals surface area contributed by atoms with Crippen molar-refractivity contribution in [2.24, 2.45) is 10.9 Å². The number of benzene rings is 2. The van der Waals surface area contributed by atoms with E-state index in [1.165, 1.54) is 42.5 Å². The molecule has 2 aromatic carbocycles. The summed E-state index contributed by atoms with van der Waals surface area (Å²) in [6.07, 6.45) is 0.128. The van der Waals surface area contributed by atoms with Crippen molar-refractivity contribution in [1.29, 1.82) is 0 Å². The fourth-order valence-electron chi connectivity index (χ4n) is 1.75. The van der Waals surface area contributed by atoms with Crippen molar-refractivity contribution in [1.82, 2.24) is 0 Å². The maximum absolute atomic E-state index is 13.4. The van der Waals surface area contributed by atoms with Gasteiger partial charge >= 0.3 is 5.97 Å². The number of carbonyl (C=O) groups excluding carboxylic acids is 1. The average molecular weight is 317 g/mol. The van der Waals surface area contributed by atoms with Gasteiger partial charge in [0.2, 0.25) is 0 Å². The number of carbonyl (C=O) groups is 1. The smallest absolute Gasteiger partial charge is 0.368 e. The molecule has 0 saturated heterocycles. The normalized spacial score (nSPS) is 11.1. The van der Waals surface area contributed by atoms with Gasteiger partial charge in [0, 0.05) is 18.6 Å². The molecule has 0 aliphatic carbocycles. The zero-order valence-corrected chi connectivity index (χ0v) is 11.8. The van der Waals surface area contributed by atoms with E-state index in [9.17, 15) is 19.3 Å². The number of nitrogens with two attached hydrogens (primary N) is 1. The van der Waals surface area contributed by atoms with E-state index in [4.69, 9.17) is 5.73 Å². The molecule has 2 aromatic rings. The largest absolute Gasteiger partial charge is 0.384 e. The van der Waals surface area contributed by atoms with Crippen molar-refractivity contribution < 1.29 is 18.9 Å². The van der Waals surface area contributed by atoms with Crippen molar-refractivity contribution in [2.45, 2.75) is 6.42 Å². The molecule has 0 saturated carbocycles. The number of hydrogen-bond donors (Lipinski definition) is 1. The van der Waals surface area contributed by atoms with E-state index >= 15 is 0 Å². The first kappa shape index (κ1) is 16.1. The molecule has 0 unspecified atom stereocenters. The molecular formula is C15H12FN3O4. The lowest BCUT2D eigenvalue weighted by atomic mass is 10.1. The topological polar surface area (TPSA) is 108 Å². The van der Waals surface area contributed by atoms with Crippen molar-refractivity contribution in [3.05, 3.63) is 75.6 Å². The summed E-state index contributed by atoms with van der Waals surface area (Å²) in [6, 6.07) is 11.0. The van der Waals surface area contributed by atoms with Gasteiger partial charge in [0.1, 0.15) is 11.7 Å². The van der Waals surface area contributed by atoms with Crippen LogP contribution in [0, 0.1) is 15.9 Å². The Bertz CT molecular complexity index is 760. The molecule has 0 heterocycles. The van der Waals surface area contributed by atoms with Gasteiger partial charge in [-0.05, 0) is 17.7 Å². The second-order valence-electron chi connectivity index (χ2n) is 4.54. The van der Waals surface area contributed by atoms with E-state index in [2.05, 4.69) is 9.99 Å². The highest BCUT2D eigenvalue weighted by Crippen LogP contribution is 2.12. The molecule has 0 atom stereocenters. The standard InChI is InChI=1S/C15H12FN3O4/c16-13-4-2-1-3-12(13)15(20)23-18-14(17)9-10-5-7-11(8-6-10)19(21)22/h1-8H,9H2,(H2,17,18). The van der Waals surface area contributed by atoms with Crippen molar-refractivity contribution in [2.75, 3.05) is 0 Å². The Hall–Kier alpha value is -3.29. The predicted molar refractivity (Wildman–Crippen MR) is 80.2 cm³/mol. The van der Waals surface area contributed by atoms with Crippen LogP contribution in [0.1, 0.15) is 15.9 Å². The summed E-state index contributed by atoms with van der Waals surface area (Å²) in [7, 11) is 0. The van der Waals surface area contributed by atoms with Gasteiger partial charge in [-0.2, -0.15) is 0 Å². The Kier molecular flexibility index (Phi) is 4.98. The Morgan fingerprint density at radius 3 is 2.48 bits per heavy atom. The van der Waals surface area contributed by atoms with Crippen LogP contribution < -0.4 is 5.73 Å². The Labute approximate surface area is 130 Å². The van der Waals surface area contributed by atoms with Crippen LogP contribution in [0.25, 0.3) is 0 Å². The van der Waals surface area contributed by atoms with Crippen LogP contribution in [0.15, 0.2) is 53.7 Å². The molecule has 0 aliphatic rings. The monoisotopic (exact) mass is 317 g/mol. The maximum atomic E-state index is 13.4. The molecule has 0 aliphatic heterocycles. The lowest BCUT2D eigenvalue weighted by Gasteiger charge is -2.02. The molecule has 0 radical (unpaired) electrons. The number of halogens is 1. The van der Waals surface area contributed by atoms with Crippen molar-refractivity contribution in [3.8, 4) is 0 Å². The Morgan fingerprint density at radius 2 is 1.87 bits per heavy atom. The summed E-state index contributed by atoms with van der Waals surface area (Å²) in [6.45, 7) is 0. The summed E-state index contributed by atoms with van der Waals surface area (Å²) < 4.78 is 13.4. The molecule has 0 spiro atoms. The van der Waals surface area contributed by atoms with Gasteiger partial charge in [-0.3, -0.25) is 10.1 Å². The summed E-state index contributed by atoms with van der Waals surface area (Å²) >= 11 is 0. The number of oxime groups is 1. The highest BCUT2D eigenvalue weighted by atomic mass is 19.1. The molecular weight excluding hydrogens is 305 g/mol. The van der Waals surface area contributed by atoms with Gasteiger partial charge in [0.25, 0.3) is 5.69 Å². The summed E-state index contributed by atoms with van der Waals surface area (Å²) in [4.78, 5) is 26.2. The summed E-state index contributed by atoms with van der Waals surface area (Å²) in [5.41, 5.74) is 5.97. The molecule has 118 valence electrons. The van der Waals surface area contributed by atoms with Crippen molar-refractivity contribution >= 4 is 17.5 Å². The number of amidine groups is 1. The molecule has 0 bridgehead atoms. The summed E-state index contributed by atoms with van der Waals surface area (Å²) in [5, 5.41) is 14.0. The fraction of sp³-hybridized carbons (Fsp3) is 0.0667. The molecule has 7 nitrogen and oxygen atoms in total. The van der Waals surface area contributed by atoms with E-state index in [1.807, 2.05) is 0 Å². The third-order valence-corrected chi connectivity index (χ3v) is 2.87. The molecule has 0 amide bonds. The first-order chi connectivity index (χ1) is 11.0. The van der Waals surface area contributed by atoms with Crippen LogP contribution >= 0.6 is 0 Å². The molecule has 2 rings (SSSR count). The number of hydrogen-bond acceptors (Lipinski definition) is 5. The SMILES string of the molecule is N/C(Cc1ccc([N+](=O)[O-])cc1)=N\OC(=O)c1ccccc1F. The number of nitro benzene ring substituents is 1. The average Bonchev–Trinajstić information content (AvgIpc) is 2.53. The van der Waals surface area contributed by atoms with E-state index in [1.54, 1.807) is 0 Å². The van der Waals surface area contributed by atoms with E-state index in [0.717, 1.165) is 6.07 Å². The minimum Gasteiger partial charge on any atom is -0.384 e. The molecule has 0 fully saturated rings. The van der Waals surface area contributed by atoms with Crippen LogP contribution in [0.5, 0.6) is 0 Å². The number of nitro groups is 1. The van der Waals surface area contributed by atoms with Crippen LogP contribution in [0.4, 0.5) is 10.1 Å². The van der Waals surface area contributed by atoms with Crippen LogP contribution in [0.3, 0.4) is 0 Å². The minimum atomic E-state index is -0.963. The molecule has 2 N–H and O–H groups in total. The zero-order chi connectivity index (χ0) is 16.8. The molecule has 0 aromatic heterocycles. The lowest BCUT2D eigenvalue weighted by Crippen LogP contribution is -2.17. The quantitative estimate of drug-likeness (QED) is 0.299. The van der Waals surface area contributed by atoms with Gasteiger partial charge in [-0.1, -0.05) is 29.4 Å². The van der Waals surface area contributed by atoms with Gasteiger partial charge in [-0.15, -0.1) is 0 Å². The number of nitrogens with zero attached hydrogens (tertiary/aromatic N) is 2. The lowest BCUT2D eigenvalue weighted by molar-refractivity contribution is -0.384. The van der Waals surface area contributed by atoms with E-state index < -0.39 is 16.7 Å². The van der Waals surface area contributed by atoms with Crippen LogP contribution in [-0.4, -0.2) is 16.7 Å². The molecule has 23 heavy (non-hydrogen) atoms. The van der Waals surface area contributed by atoms with E-state index in [-0.39, 0.29) is 23.5 Å². The second-order valence-corrected chi connectivity index (χ2v) is 4.54. The van der Waals surface area contributed by atoms with Crippen LogP contribution in [0.2, 0.25) is 0 Å². The first-order valence-corrected chi connectivity index (χ1v) is 6.49. The first-order valence-electron chi connectivity index (χ1n) is 6.49. The highest BCUT2D eigenvalue weighted by molar-refractivity contribution is 5.90. The van der Waals surface area contributed by atoms with Gasteiger partial charge in [0.15, 0.2) is 0 Å². The van der Waals surface area contributed by atoms with Crippen molar-refractivity contribution in [3.63, 3.8) is 0 Å². The minimum absolute atomic E-state index is 0.0245. The number of non-ortho nitro benzene ring substituents is 1. The second kappa shape index (κ2) is 7.12. The number of rotatable bonds is 5. The van der Waals surface area contributed by atoms with E-state index in [0.29, 0.717) is 5.56 Å². The van der Waals surface area contributed by atoms with Gasteiger partial charge in [-0.25, -0.2) is 9.18 Å². The van der Waals surface area contributed by atoms with Gasteiger partial charge in [0.05, 0.1) is 10.5 Å². The Morgan fingerprint density at radius 1 is 1.22 bits per heavy atom. The van der Waals surface area contributed by atoms with Gasteiger partial charge < -0.3 is 10.6 Å². The maximum Gasteiger partial charge on any atom is 0.368 e. The van der Waals surface area contributed by atoms with Crippen LogP contribution in [-0.2, 0) is 11.3 Å².